The number of carbonyl (C=O) groups is 3. The molecular weight excluding hydrogens is 470 g/mol. The van der Waals surface area contributed by atoms with Crippen LogP contribution in [0.15, 0.2) is 48.8 Å². The molecule has 188 valence electrons. The number of aromatic nitrogens is 1. The molecule has 2 amide bonds. The van der Waals surface area contributed by atoms with Crippen molar-refractivity contribution < 1.29 is 37.1 Å². The number of carboxylic acid groups (broad SMARTS) is 1. The zero-order valence-electron chi connectivity index (χ0n) is 18.8. The molecule has 0 aliphatic carbocycles. The van der Waals surface area contributed by atoms with E-state index in [-0.39, 0.29) is 17.2 Å². The van der Waals surface area contributed by atoms with Gasteiger partial charge in [-0.3, -0.25) is 14.6 Å². The van der Waals surface area contributed by atoms with Crippen LogP contribution in [-0.4, -0.2) is 63.5 Å². The summed E-state index contributed by atoms with van der Waals surface area (Å²) >= 11 is 0. The molecule has 7 nitrogen and oxygen atoms in total. The lowest BCUT2D eigenvalue weighted by molar-refractivity contribution is -0.192. The highest BCUT2D eigenvalue weighted by Crippen LogP contribution is 2.40. The molecule has 0 unspecified atom stereocenters. The fourth-order valence-electron chi connectivity index (χ4n) is 4.35. The summed E-state index contributed by atoms with van der Waals surface area (Å²) in [4.78, 5) is 41.8. The van der Waals surface area contributed by atoms with Gasteiger partial charge in [0.05, 0.1) is 0 Å². The number of carbonyl (C=O) groups excluding carboxylic acids is 2. The molecule has 2 saturated heterocycles. The van der Waals surface area contributed by atoms with Gasteiger partial charge in [-0.25, -0.2) is 9.18 Å². The minimum absolute atomic E-state index is 0.0691. The Morgan fingerprint density at radius 2 is 1.69 bits per heavy atom. The van der Waals surface area contributed by atoms with Crippen LogP contribution < -0.4 is 0 Å². The molecule has 1 N–H and O–H groups in total. The number of hydrogen-bond donors (Lipinski definition) is 1. The highest BCUT2D eigenvalue weighted by atomic mass is 19.4. The molecule has 2 fully saturated rings. The van der Waals surface area contributed by atoms with Crippen molar-refractivity contribution in [2.45, 2.75) is 38.4 Å². The summed E-state index contributed by atoms with van der Waals surface area (Å²) < 4.78 is 45.2. The molecule has 0 atom stereocenters. The Morgan fingerprint density at radius 3 is 2.26 bits per heavy atom. The summed E-state index contributed by atoms with van der Waals surface area (Å²) in [7, 11) is 0. The van der Waals surface area contributed by atoms with Crippen molar-refractivity contribution in [3.63, 3.8) is 0 Å². The number of pyridine rings is 1. The summed E-state index contributed by atoms with van der Waals surface area (Å²) in [5, 5.41) is 7.12. The summed E-state index contributed by atoms with van der Waals surface area (Å²) in [6.07, 6.45) is 1.58. The van der Waals surface area contributed by atoms with Gasteiger partial charge in [0.1, 0.15) is 5.82 Å². The monoisotopic (exact) mass is 495 g/mol. The van der Waals surface area contributed by atoms with Crippen molar-refractivity contribution in [2.24, 2.45) is 5.41 Å². The molecule has 2 aromatic rings. The Morgan fingerprint density at radius 1 is 1.06 bits per heavy atom. The number of alkyl halides is 3. The lowest BCUT2D eigenvalue weighted by Crippen LogP contribution is -2.52. The second kappa shape index (κ2) is 10.8. The van der Waals surface area contributed by atoms with Gasteiger partial charge in [0.25, 0.3) is 5.91 Å². The molecule has 0 radical (unpaired) electrons. The summed E-state index contributed by atoms with van der Waals surface area (Å²) in [6, 6.07) is 9.74. The van der Waals surface area contributed by atoms with Gasteiger partial charge < -0.3 is 14.9 Å². The van der Waals surface area contributed by atoms with E-state index in [2.05, 4.69) is 4.98 Å². The van der Waals surface area contributed by atoms with Crippen molar-refractivity contribution in [3.8, 4) is 0 Å². The fraction of sp³-hybridized carbons (Fsp3) is 0.417. The molecule has 11 heteroatoms. The molecule has 1 aromatic carbocycles. The topological polar surface area (TPSA) is 90.8 Å². The van der Waals surface area contributed by atoms with Gasteiger partial charge in [0, 0.05) is 50.6 Å². The maximum atomic E-state index is 13.4. The first-order valence-corrected chi connectivity index (χ1v) is 11.0. The number of carboxylic acids is 1. The predicted octanol–water partition coefficient (Wildman–Crippen LogP) is 3.90. The Bertz CT molecular complexity index is 1050. The van der Waals surface area contributed by atoms with E-state index in [1.807, 2.05) is 21.9 Å². The Hall–Kier alpha value is -3.50. The maximum absolute atomic E-state index is 13.4. The van der Waals surface area contributed by atoms with Crippen LogP contribution in [0.4, 0.5) is 17.6 Å². The number of piperidine rings is 2. The minimum atomic E-state index is -5.08. The summed E-state index contributed by atoms with van der Waals surface area (Å²) in [6.45, 7) is 2.63. The van der Waals surface area contributed by atoms with Crippen LogP contribution in [0.5, 0.6) is 0 Å². The van der Waals surface area contributed by atoms with Gasteiger partial charge in [0.2, 0.25) is 5.91 Å². The van der Waals surface area contributed by atoms with Gasteiger partial charge in [-0.15, -0.1) is 0 Å². The zero-order valence-corrected chi connectivity index (χ0v) is 18.8. The van der Waals surface area contributed by atoms with Crippen molar-refractivity contribution in [1.29, 1.82) is 0 Å². The molecule has 1 aromatic heterocycles. The van der Waals surface area contributed by atoms with E-state index in [0.29, 0.717) is 31.6 Å². The predicted molar refractivity (Wildman–Crippen MR) is 117 cm³/mol. The maximum Gasteiger partial charge on any atom is 0.490 e. The SMILES string of the molecule is O=C(O)C(F)(F)F.O=C1CCC2(CCN(C(=O)c3cccc(F)c3)CC2)CN1Cc1ccncc1. The van der Waals surface area contributed by atoms with E-state index < -0.39 is 18.0 Å². The smallest absolute Gasteiger partial charge is 0.475 e. The third-order valence-electron chi connectivity index (χ3n) is 6.30. The van der Waals surface area contributed by atoms with Gasteiger partial charge in [0.15, 0.2) is 0 Å². The molecule has 2 aliphatic rings. The first-order valence-electron chi connectivity index (χ1n) is 11.0. The minimum Gasteiger partial charge on any atom is -0.475 e. The van der Waals surface area contributed by atoms with Crippen LogP contribution in [0, 0.1) is 11.2 Å². The number of halogens is 4. The highest BCUT2D eigenvalue weighted by Gasteiger charge is 2.42. The normalized spacial score (nSPS) is 17.5. The number of aliphatic carboxylic acids is 1. The second-order valence-corrected chi connectivity index (χ2v) is 8.71. The fourth-order valence-corrected chi connectivity index (χ4v) is 4.35. The number of likely N-dealkylation sites (tertiary alicyclic amines) is 2. The summed E-state index contributed by atoms with van der Waals surface area (Å²) in [5.74, 6) is -3.07. The molecule has 35 heavy (non-hydrogen) atoms. The van der Waals surface area contributed by atoms with Crippen LogP contribution in [-0.2, 0) is 16.1 Å². The van der Waals surface area contributed by atoms with E-state index in [9.17, 15) is 27.2 Å². The number of benzene rings is 1. The van der Waals surface area contributed by atoms with Crippen LogP contribution >= 0.6 is 0 Å². The Kier molecular flexibility index (Phi) is 8.08. The molecule has 1 spiro atoms. The third kappa shape index (κ3) is 7.00. The van der Waals surface area contributed by atoms with Gasteiger partial charge in [-0.05, 0) is 60.6 Å². The lowest BCUT2D eigenvalue weighted by atomic mass is 9.72. The zero-order chi connectivity index (χ0) is 25.6. The first-order chi connectivity index (χ1) is 16.5. The lowest BCUT2D eigenvalue weighted by Gasteiger charge is -2.47. The quantitative estimate of drug-likeness (QED) is 0.653. The highest BCUT2D eigenvalue weighted by molar-refractivity contribution is 5.94. The van der Waals surface area contributed by atoms with E-state index >= 15 is 0 Å². The van der Waals surface area contributed by atoms with Crippen molar-refractivity contribution in [2.75, 3.05) is 19.6 Å². The van der Waals surface area contributed by atoms with Gasteiger partial charge in [-0.1, -0.05) is 6.07 Å². The van der Waals surface area contributed by atoms with E-state index in [1.165, 1.54) is 12.1 Å². The van der Waals surface area contributed by atoms with Crippen LogP contribution in [0.2, 0.25) is 0 Å². The summed E-state index contributed by atoms with van der Waals surface area (Å²) in [5.41, 5.74) is 1.55. The van der Waals surface area contributed by atoms with E-state index in [4.69, 9.17) is 9.90 Å². The average molecular weight is 495 g/mol. The third-order valence-corrected chi connectivity index (χ3v) is 6.30. The Labute approximate surface area is 199 Å². The van der Waals surface area contributed by atoms with Crippen molar-refractivity contribution in [1.82, 2.24) is 14.8 Å². The van der Waals surface area contributed by atoms with E-state index in [1.54, 1.807) is 24.5 Å². The van der Waals surface area contributed by atoms with Gasteiger partial charge >= 0.3 is 12.1 Å². The largest absolute Gasteiger partial charge is 0.490 e. The first kappa shape index (κ1) is 26.1. The molecule has 0 saturated carbocycles. The molecular formula is C24H25F4N3O4. The van der Waals surface area contributed by atoms with Crippen LogP contribution in [0.1, 0.15) is 41.6 Å². The Balaban J connectivity index is 0.000000429. The number of nitrogens with zero attached hydrogens (tertiary/aromatic N) is 3. The number of rotatable bonds is 3. The van der Waals surface area contributed by atoms with Crippen molar-refractivity contribution in [3.05, 3.63) is 65.7 Å². The molecule has 0 bridgehead atoms. The number of amides is 2. The molecule has 4 rings (SSSR count). The van der Waals surface area contributed by atoms with Crippen molar-refractivity contribution >= 4 is 17.8 Å². The number of hydrogen-bond acceptors (Lipinski definition) is 4. The second-order valence-electron chi connectivity index (χ2n) is 8.71. The van der Waals surface area contributed by atoms with Crippen LogP contribution in [0.25, 0.3) is 0 Å². The molecule has 2 aliphatic heterocycles. The average Bonchev–Trinajstić information content (AvgIpc) is 2.82. The van der Waals surface area contributed by atoms with E-state index in [0.717, 1.165) is 31.4 Å². The van der Waals surface area contributed by atoms with Gasteiger partial charge in [-0.2, -0.15) is 13.2 Å². The van der Waals surface area contributed by atoms with Crippen LogP contribution in [0.3, 0.4) is 0 Å². The standard InChI is InChI=1S/C22H24FN3O2.C2HF3O2/c23-19-3-1-2-18(14-19)21(28)25-12-8-22(9-13-25)7-4-20(27)26(16-22)15-17-5-10-24-11-6-17;3-2(4,5)1(6)7/h1-3,5-6,10-11,14H,4,7-9,12-13,15-16H2;(H,6,7). The molecule has 3 heterocycles.